The Balaban J connectivity index is 1.94. The van der Waals surface area contributed by atoms with Gasteiger partial charge in [0.1, 0.15) is 17.3 Å². The molecule has 0 bridgehead atoms. The van der Waals surface area contributed by atoms with Crippen molar-refractivity contribution in [2.45, 2.75) is 251 Å². The maximum atomic E-state index is 14.6. The lowest BCUT2D eigenvalue weighted by atomic mass is 9.73. The molecular formula is C49H86N2O16. The minimum absolute atomic E-state index is 0.0719. The number of rotatable bonds is 12. The Hall–Kier alpha value is -2.52. The fourth-order valence-corrected chi connectivity index (χ4v) is 11.0. The lowest BCUT2D eigenvalue weighted by Crippen LogP contribution is -2.61. The monoisotopic (exact) mass is 959 g/mol. The van der Waals surface area contributed by atoms with Crippen LogP contribution >= 0.6 is 0 Å². The first-order valence-electron chi connectivity index (χ1n) is 24.6. The topological polar surface area (TPSA) is 231 Å². The SMILES string of the molecule is CC[C@H]1OC(=O)[C@H](C)[C@@H](O[C@H]2C[C@@](C)(O)[C@@H](OC(C)=O)[C@H](C)O2)[C@H](C)[C@@H](O[C@@H]2O[C@H](C)C[C@H](N(C)C)[C@H]2OC(C)=O)[C@](C)(O)C[C@@H](C)/C(=N/OC2(OC(C)C)CCCCC2)[C@H](C)[C@@H](O)[C@]1(C)O. The zero-order valence-corrected chi connectivity index (χ0v) is 43.2. The van der Waals surface area contributed by atoms with Crippen LogP contribution in [-0.2, 0) is 57.1 Å². The zero-order chi connectivity index (χ0) is 50.6. The largest absolute Gasteiger partial charge is 0.459 e. The van der Waals surface area contributed by atoms with E-state index in [9.17, 15) is 34.8 Å². The van der Waals surface area contributed by atoms with Gasteiger partial charge in [0.25, 0.3) is 0 Å². The van der Waals surface area contributed by atoms with Crippen LogP contribution in [0, 0.1) is 23.7 Å². The van der Waals surface area contributed by atoms with Crippen LogP contribution in [0.5, 0.6) is 0 Å². The van der Waals surface area contributed by atoms with E-state index < -0.39 is 119 Å². The van der Waals surface area contributed by atoms with Gasteiger partial charge in [0, 0.05) is 50.9 Å². The number of aliphatic hydroxyl groups is 4. The third kappa shape index (κ3) is 14.1. The fraction of sp³-hybridized carbons (Fsp3) is 0.918. The van der Waals surface area contributed by atoms with Gasteiger partial charge in [0.2, 0.25) is 5.79 Å². The summed E-state index contributed by atoms with van der Waals surface area (Å²) in [5.74, 6) is -6.68. The third-order valence-electron chi connectivity index (χ3n) is 14.3. The average molecular weight is 959 g/mol. The summed E-state index contributed by atoms with van der Waals surface area (Å²) in [5, 5.41) is 54.1. The summed E-state index contributed by atoms with van der Waals surface area (Å²) in [5.41, 5.74) is -5.18. The first kappa shape index (κ1) is 57.1. The number of carbonyl (C=O) groups is 3. The highest BCUT2D eigenvalue weighted by Gasteiger charge is 2.54. The molecule has 18 atom stereocenters. The Morgan fingerprint density at radius 2 is 1.43 bits per heavy atom. The predicted molar refractivity (Wildman–Crippen MR) is 246 cm³/mol. The van der Waals surface area contributed by atoms with Crippen LogP contribution in [0.1, 0.15) is 155 Å². The van der Waals surface area contributed by atoms with Crippen molar-refractivity contribution in [2.24, 2.45) is 28.8 Å². The summed E-state index contributed by atoms with van der Waals surface area (Å²) < 4.78 is 50.4. The number of aliphatic hydroxyl groups excluding tert-OH is 1. The number of esters is 3. The number of hydrogen-bond donors (Lipinski definition) is 4. The van der Waals surface area contributed by atoms with Gasteiger partial charge in [0.15, 0.2) is 24.8 Å². The minimum Gasteiger partial charge on any atom is -0.459 e. The average Bonchev–Trinajstić information content (AvgIpc) is 3.21. The molecule has 67 heavy (non-hydrogen) atoms. The van der Waals surface area contributed by atoms with Crippen molar-refractivity contribution in [1.82, 2.24) is 4.90 Å². The maximum Gasteiger partial charge on any atom is 0.311 e. The van der Waals surface area contributed by atoms with E-state index in [1.54, 1.807) is 41.5 Å². The number of nitrogens with zero attached hydrogens (tertiary/aromatic N) is 2. The van der Waals surface area contributed by atoms with Crippen LogP contribution in [0.15, 0.2) is 5.16 Å². The lowest BCUT2D eigenvalue weighted by Gasteiger charge is -2.49. The standard InChI is InChI=1S/C49H86N2O16/c1-17-36-48(14,58)41(54)29(6)38(50-67-49(66-26(2)3)21-19-18-20-22-49)27(4)24-46(12,56)42(65-45-40(61-33(10)52)35(51(15)16)23-28(5)59-45)30(7)39(31(8)44(55)63-36)64-37-25-47(13,57)43(32(9)60-37)62-34(11)53/h26-32,35-37,39-43,45,54,56-58H,17-25H2,1-16H3/b50-38-/t27-,28-,29+,30+,31-,32+,35+,36-,37+,39+,40-,41-,42-,43+,45+,46-,47-,48-/m1/s1. The summed E-state index contributed by atoms with van der Waals surface area (Å²) >= 11 is 0. The van der Waals surface area contributed by atoms with Gasteiger partial charge in [-0.05, 0) is 102 Å². The summed E-state index contributed by atoms with van der Waals surface area (Å²) in [7, 11) is 3.73. The molecule has 0 spiro atoms. The normalized spacial score (nSPS) is 43.3. The summed E-state index contributed by atoms with van der Waals surface area (Å²) in [6.45, 7) is 23.0. The molecule has 4 rings (SSSR count). The van der Waals surface area contributed by atoms with Crippen molar-refractivity contribution in [1.29, 1.82) is 0 Å². The van der Waals surface area contributed by atoms with Gasteiger partial charge >= 0.3 is 17.9 Å². The zero-order valence-electron chi connectivity index (χ0n) is 43.2. The first-order chi connectivity index (χ1) is 31.0. The van der Waals surface area contributed by atoms with Gasteiger partial charge in [-0.1, -0.05) is 39.3 Å². The van der Waals surface area contributed by atoms with Gasteiger partial charge in [-0.3, -0.25) is 14.4 Å². The molecule has 4 fully saturated rings. The van der Waals surface area contributed by atoms with Gasteiger partial charge in [-0.25, -0.2) is 0 Å². The van der Waals surface area contributed by atoms with E-state index in [1.165, 1.54) is 27.7 Å². The van der Waals surface area contributed by atoms with Crippen molar-refractivity contribution in [3.05, 3.63) is 0 Å². The molecule has 18 heteroatoms. The lowest BCUT2D eigenvalue weighted by molar-refractivity contribution is -0.318. The second kappa shape index (κ2) is 23.1. The summed E-state index contributed by atoms with van der Waals surface area (Å²) in [4.78, 5) is 47.7. The van der Waals surface area contributed by atoms with E-state index in [-0.39, 0.29) is 37.5 Å². The molecule has 18 nitrogen and oxygen atoms in total. The van der Waals surface area contributed by atoms with E-state index >= 15 is 0 Å². The molecule has 0 unspecified atom stereocenters. The Kier molecular flexibility index (Phi) is 19.7. The summed E-state index contributed by atoms with van der Waals surface area (Å²) in [6, 6.07) is -0.349. The second-order valence-corrected chi connectivity index (χ2v) is 21.3. The van der Waals surface area contributed by atoms with Gasteiger partial charge < -0.3 is 68.1 Å². The number of cyclic esters (lactones) is 1. The number of oxime groups is 1. The molecule has 0 aromatic carbocycles. The van der Waals surface area contributed by atoms with Crippen molar-refractivity contribution >= 4 is 23.6 Å². The van der Waals surface area contributed by atoms with Gasteiger partial charge in [-0.2, -0.15) is 0 Å². The van der Waals surface area contributed by atoms with Gasteiger partial charge in [-0.15, -0.1) is 0 Å². The van der Waals surface area contributed by atoms with Crippen LogP contribution in [0.4, 0.5) is 0 Å². The fourth-order valence-electron chi connectivity index (χ4n) is 11.0. The number of carbonyl (C=O) groups excluding carboxylic acids is 3. The molecule has 4 aliphatic rings. The molecule has 388 valence electrons. The molecule has 1 aliphatic carbocycles. The van der Waals surface area contributed by atoms with E-state index in [0.717, 1.165) is 19.3 Å². The van der Waals surface area contributed by atoms with Crippen molar-refractivity contribution in [3.63, 3.8) is 0 Å². The molecule has 0 aromatic heterocycles. The van der Waals surface area contributed by atoms with Crippen LogP contribution in [0.2, 0.25) is 0 Å². The molecular weight excluding hydrogens is 873 g/mol. The third-order valence-corrected chi connectivity index (χ3v) is 14.3. The molecule has 3 saturated heterocycles. The highest BCUT2D eigenvalue weighted by Crippen LogP contribution is 2.42. The minimum atomic E-state index is -2.02. The first-order valence-corrected chi connectivity index (χ1v) is 24.6. The van der Waals surface area contributed by atoms with Crippen molar-refractivity contribution in [3.8, 4) is 0 Å². The highest BCUT2D eigenvalue weighted by atomic mass is 16.8. The molecule has 3 aliphatic heterocycles. The number of ether oxygens (including phenoxy) is 8. The van der Waals surface area contributed by atoms with E-state index in [0.29, 0.717) is 25.0 Å². The van der Waals surface area contributed by atoms with E-state index in [1.807, 2.05) is 46.7 Å². The summed E-state index contributed by atoms with van der Waals surface area (Å²) in [6.07, 6.45) is -6.77. The molecule has 4 N–H and O–H groups in total. The smallest absolute Gasteiger partial charge is 0.311 e. The Bertz CT molecular complexity index is 1660. The van der Waals surface area contributed by atoms with Crippen LogP contribution in [0.3, 0.4) is 0 Å². The number of hydrogen-bond acceptors (Lipinski definition) is 18. The highest BCUT2D eigenvalue weighted by molar-refractivity contribution is 5.89. The Morgan fingerprint density at radius 1 is 0.836 bits per heavy atom. The van der Waals surface area contributed by atoms with Crippen molar-refractivity contribution in [2.75, 3.05) is 14.1 Å². The van der Waals surface area contributed by atoms with Crippen LogP contribution in [-0.4, -0.2) is 159 Å². The molecule has 0 aromatic rings. The molecule has 1 saturated carbocycles. The van der Waals surface area contributed by atoms with E-state index in [2.05, 4.69) is 0 Å². The van der Waals surface area contributed by atoms with E-state index in [4.69, 9.17) is 47.9 Å². The quantitative estimate of drug-likeness (QED) is 0.0857. The Morgan fingerprint density at radius 3 is 1.97 bits per heavy atom. The number of likely N-dealkylation sites (N-methyl/N-ethyl adjacent to an activating group) is 1. The molecule has 0 radical (unpaired) electrons. The molecule has 0 amide bonds. The van der Waals surface area contributed by atoms with Gasteiger partial charge in [0.05, 0.1) is 59.9 Å². The second-order valence-electron chi connectivity index (χ2n) is 21.3. The molecule has 3 heterocycles. The maximum absolute atomic E-state index is 14.6. The Labute approximate surface area is 399 Å². The van der Waals surface area contributed by atoms with Crippen LogP contribution < -0.4 is 0 Å². The van der Waals surface area contributed by atoms with Crippen LogP contribution in [0.25, 0.3) is 0 Å². The predicted octanol–water partition coefficient (Wildman–Crippen LogP) is 5.16. The van der Waals surface area contributed by atoms with Crippen molar-refractivity contribution < 1.29 is 77.5 Å².